The maximum atomic E-state index is 12.4. The molecule has 3 nitrogen and oxygen atoms in total. The number of hydrogen-bond acceptors (Lipinski definition) is 2. The second-order valence-electron chi connectivity index (χ2n) is 3.95. The van der Waals surface area contributed by atoms with Gasteiger partial charge in [0.2, 0.25) is 7.37 Å². The molecule has 18 heavy (non-hydrogen) atoms. The van der Waals surface area contributed by atoms with E-state index < -0.39 is 13.2 Å². The Labute approximate surface area is 111 Å². The lowest BCUT2D eigenvalue weighted by atomic mass is 10.2. The molecule has 0 fully saturated rings. The summed E-state index contributed by atoms with van der Waals surface area (Å²) in [6, 6.07) is 15.1. The Balaban J connectivity index is 2.36. The second-order valence-corrected chi connectivity index (χ2v) is 6.71. The fourth-order valence-electron chi connectivity index (χ4n) is 1.66. The highest BCUT2D eigenvalue weighted by molar-refractivity contribution is 7.66. The van der Waals surface area contributed by atoms with E-state index in [9.17, 15) is 9.46 Å². The van der Waals surface area contributed by atoms with Crippen LogP contribution in [0.3, 0.4) is 0 Å². The molecular weight excluding hydrogens is 269 g/mol. The number of halogens is 1. The van der Waals surface area contributed by atoms with Crippen LogP contribution in [0.4, 0.5) is 0 Å². The molecule has 1 unspecified atom stereocenters. The molecule has 5 heteroatoms. The summed E-state index contributed by atoms with van der Waals surface area (Å²) in [4.78, 5) is 10.2. The third kappa shape index (κ3) is 2.65. The molecule has 0 aliphatic rings. The Bertz CT molecular complexity index is 571. The highest BCUT2D eigenvalue weighted by atomic mass is 35.5. The Morgan fingerprint density at radius 1 is 1.06 bits per heavy atom. The van der Waals surface area contributed by atoms with Crippen molar-refractivity contribution < 1.29 is 9.46 Å². The molecule has 2 aromatic carbocycles. The van der Waals surface area contributed by atoms with Gasteiger partial charge in [-0.25, -0.2) is 0 Å². The first kappa shape index (κ1) is 13.3. The van der Waals surface area contributed by atoms with Crippen LogP contribution in [0.2, 0.25) is 5.02 Å². The smallest absolute Gasteiger partial charge is 0.250 e. The lowest BCUT2D eigenvalue weighted by Crippen LogP contribution is -2.18. The molecule has 0 heterocycles. The van der Waals surface area contributed by atoms with E-state index in [1.54, 1.807) is 54.6 Å². The summed E-state index contributed by atoms with van der Waals surface area (Å²) in [5.74, 6) is -0.947. The third-order valence-corrected chi connectivity index (χ3v) is 5.06. The summed E-state index contributed by atoms with van der Waals surface area (Å²) in [5, 5.41) is 0.922. The van der Waals surface area contributed by atoms with Gasteiger partial charge >= 0.3 is 0 Å². The van der Waals surface area contributed by atoms with Crippen molar-refractivity contribution in [2.75, 3.05) is 0 Å². The molecule has 0 aliphatic carbocycles. The highest BCUT2D eigenvalue weighted by Gasteiger charge is 2.30. The Morgan fingerprint density at radius 2 is 1.61 bits per heavy atom. The maximum Gasteiger partial charge on any atom is 0.250 e. The predicted octanol–water partition coefficient (Wildman–Crippen LogP) is 2.89. The summed E-state index contributed by atoms with van der Waals surface area (Å²) < 4.78 is 12.4. The van der Waals surface area contributed by atoms with Gasteiger partial charge in [0.1, 0.15) is 5.78 Å². The molecule has 0 aliphatic heterocycles. The number of hydrogen-bond donors (Lipinski definition) is 2. The van der Waals surface area contributed by atoms with Crippen molar-refractivity contribution in [1.82, 2.24) is 0 Å². The molecule has 2 rings (SSSR count). The van der Waals surface area contributed by atoms with Crippen LogP contribution in [0.1, 0.15) is 11.3 Å². The fraction of sp³-hybridized carbons (Fsp3) is 0.0769. The van der Waals surface area contributed by atoms with Gasteiger partial charge in [-0.15, -0.1) is 0 Å². The van der Waals surface area contributed by atoms with E-state index in [0.717, 1.165) is 0 Å². The third-order valence-electron chi connectivity index (χ3n) is 2.71. The monoisotopic (exact) mass is 281 g/mol. The minimum absolute atomic E-state index is 0.354. The first-order valence-corrected chi connectivity index (χ1v) is 7.51. The van der Waals surface area contributed by atoms with Gasteiger partial charge in [-0.3, -0.25) is 4.57 Å². The van der Waals surface area contributed by atoms with Gasteiger partial charge in [0.25, 0.3) is 0 Å². The average Bonchev–Trinajstić information content (AvgIpc) is 2.40. The van der Waals surface area contributed by atoms with Crippen LogP contribution in [0.25, 0.3) is 0 Å². The fourth-order valence-corrected chi connectivity index (χ4v) is 3.29. The molecule has 0 aromatic heterocycles. The van der Waals surface area contributed by atoms with Crippen molar-refractivity contribution in [3.05, 3.63) is 65.2 Å². The van der Waals surface area contributed by atoms with Crippen molar-refractivity contribution in [2.24, 2.45) is 5.73 Å². The zero-order valence-corrected chi connectivity index (χ0v) is 11.2. The van der Waals surface area contributed by atoms with E-state index in [4.69, 9.17) is 17.3 Å². The van der Waals surface area contributed by atoms with E-state index in [-0.39, 0.29) is 0 Å². The van der Waals surface area contributed by atoms with Gasteiger partial charge in [-0.2, -0.15) is 0 Å². The van der Waals surface area contributed by atoms with Crippen LogP contribution in [-0.4, -0.2) is 4.89 Å². The Hall–Kier alpha value is -1.12. The van der Waals surface area contributed by atoms with Gasteiger partial charge < -0.3 is 10.6 Å². The quantitative estimate of drug-likeness (QED) is 0.850. The molecule has 0 amide bonds. The van der Waals surface area contributed by atoms with E-state index in [2.05, 4.69) is 0 Å². The zero-order valence-electron chi connectivity index (χ0n) is 9.53. The predicted molar refractivity (Wildman–Crippen MR) is 74.3 cm³/mol. The first-order chi connectivity index (χ1) is 8.51. The van der Waals surface area contributed by atoms with E-state index >= 15 is 0 Å². The molecule has 0 spiro atoms. The zero-order chi connectivity index (χ0) is 13.2. The normalized spacial score (nSPS) is 15.9. The topological polar surface area (TPSA) is 63.3 Å². The van der Waals surface area contributed by atoms with E-state index in [1.165, 1.54) is 0 Å². The van der Waals surface area contributed by atoms with Crippen LogP contribution in [-0.2, 0) is 4.57 Å². The van der Waals surface area contributed by atoms with Gasteiger partial charge in [0.15, 0.2) is 0 Å². The van der Waals surface area contributed by atoms with Crippen LogP contribution < -0.4 is 11.0 Å². The van der Waals surface area contributed by atoms with Crippen molar-refractivity contribution in [3.63, 3.8) is 0 Å². The Morgan fingerprint density at radius 3 is 2.17 bits per heavy atom. The van der Waals surface area contributed by atoms with Crippen LogP contribution in [0.15, 0.2) is 54.6 Å². The van der Waals surface area contributed by atoms with Gasteiger partial charge in [0.05, 0.1) is 0 Å². The van der Waals surface area contributed by atoms with Crippen molar-refractivity contribution >= 4 is 24.3 Å². The van der Waals surface area contributed by atoms with Crippen molar-refractivity contribution in [1.29, 1.82) is 0 Å². The standard InChI is InChI=1S/C13H13ClNO2P/c14-11-8-6-10(7-9-11)13(15)18(16,17)12-4-2-1-3-5-12/h1-9,13H,15H2,(H,16,17)/t13-/m0/s1. The van der Waals surface area contributed by atoms with Crippen LogP contribution in [0, 0.1) is 0 Å². The molecule has 2 atom stereocenters. The average molecular weight is 282 g/mol. The lowest BCUT2D eigenvalue weighted by molar-refractivity contribution is 0.477. The number of rotatable bonds is 3. The van der Waals surface area contributed by atoms with Gasteiger partial charge in [-0.05, 0) is 29.8 Å². The van der Waals surface area contributed by atoms with Crippen LogP contribution in [0.5, 0.6) is 0 Å². The highest BCUT2D eigenvalue weighted by Crippen LogP contribution is 2.51. The largest absolute Gasteiger partial charge is 0.340 e. The second kappa shape index (κ2) is 5.25. The molecule has 94 valence electrons. The van der Waals surface area contributed by atoms with Crippen molar-refractivity contribution in [3.8, 4) is 0 Å². The van der Waals surface area contributed by atoms with Crippen molar-refractivity contribution in [2.45, 2.75) is 5.78 Å². The Kier molecular flexibility index (Phi) is 3.88. The maximum absolute atomic E-state index is 12.4. The molecule has 0 bridgehead atoms. The number of nitrogens with two attached hydrogens (primary N) is 1. The molecule has 0 radical (unpaired) electrons. The molecule has 0 saturated carbocycles. The summed E-state index contributed by atoms with van der Waals surface area (Å²) in [7, 11) is -3.64. The van der Waals surface area contributed by atoms with Gasteiger partial charge in [-0.1, -0.05) is 41.9 Å². The van der Waals surface area contributed by atoms with Crippen LogP contribution >= 0.6 is 19.0 Å². The number of benzene rings is 2. The van der Waals surface area contributed by atoms with Gasteiger partial charge in [0, 0.05) is 10.3 Å². The molecular formula is C13H13ClNO2P. The minimum atomic E-state index is -3.64. The first-order valence-electron chi connectivity index (χ1n) is 5.41. The summed E-state index contributed by atoms with van der Waals surface area (Å²) in [6.45, 7) is 0. The molecule has 3 N–H and O–H groups in total. The summed E-state index contributed by atoms with van der Waals surface area (Å²) in [6.07, 6.45) is 0. The summed E-state index contributed by atoms with van der Waals surface area (Å²) >= 11 is 5.78. The molecule has 0 saturated heterocycles. The SMILES string of the molecule is N[C@H](c1ccc(Cl)cc1)P(=O)(O)c1ccccc1. The molecule has 2 aromatic rings. The minimum Gasteiger partial charge on any atom is -0.340 e. The lowest BCUT2D eigenvalue weighted by Gasteiger charge is -2.19. The van der Waals surface area contributed by atoms with E-state index in [0.29, 0.717) is 15.9 Å². The summed E-state index contributed by atoms with van der Waals surface area (Å²) in [5.41, 5.74) is 6.49. The van der Waals surface area contributed by atoms with E-state index in [1.807, 2.05) is 0 Å².